The molecule has 0 aliphatic carbocycles. The molecule has 3 aromatic rings. The van der Waals surface area contributed by atoms with Gasteiger partial charge in [-0.15, -0.1) is 5.10 Å². The standard InChI is InChI=1S/C17H15Cl2N5/c18-13-6-7-15(14(19)10-13)22-17-23-16(11-21-24-17)20-9-8-12-4-2-1-3-5-12/h1-7,10-11H,8-9H2,(H2,20,22,23,24). The van der Waals surface area contributed by atoms with Crippen LogP contribution in [0.3, 0.4) is 0 Å². The first kappa shape index (κ1) is 16.5. The normalized spacial score (nSPS) is 10.4. The average Bonchev–Trinajstić information content (AvgIpc) is 2.59. The van der Waals surface area contributed by atoms with Gasteiger partial charge in [-0.1, -0.05) is 53.5 Å². The molecule has 2 N–H and O–H groups in total. The van der Waals surface area contributed by atoms with Crippen LogP contribution in [0.4, 0.5) is 17.5 Å². The van der Waals surface area contributed by atoms with Crippen molar-refractivity contribution in [2.24, 2.45) is 0 Å². The van der Waals surface area contributed by atoms with E-state index in [1.807, 2.05) is 18.2 Å². The second-order valence-corrected chi connectivity index (χ2v) is 5.92. The third-order valence-corrected chi connectivity index (χ3v) is 3.85. The van der Waals surface area contributed by atoms with Crippen LogP contribution in [0.25, 0.3) is 0 Å². The molecule has 0 saturated heterocycles. The number of halogens is 2. The first-order valence-corrected chi connectivity index (χ1v) is 8.16. The molecule has 0 spiro atoms. The number of nitrogens with one attached hydrogen (secondary N) is 2. The summed E-state index contributed by atoms with van der Waals surface area (Å²) in [5.74, 6) is 1.01. The molecule has 3 rings (SSSR count). The summed E-state index contributed by atoms with van der Waals surface area (Å²) in [4.78, 5) is 4.38. The van der Waals surface area contributed by atoms with E-state index in [0.717, 1.165) is 13.0 Å². The third kappa shape index (κ3) is 4.57. The van der Waals surface area contributed by atoms with Gasteiger partial charge in [0.2, 0.25) is 5.95 Å². The van der Waals surface area contributed by atoms with E-state index in [1.54, 1.807) is 24.4 Å². The molecule has 0 aliphatic rings. The molecule has 0 bridgehead atoms. The summed E-state index contributed by atoms with van der Waals surface area (Å²) < 4.78 is 0. The van der Waals surface area contributed by atoms with Gasteiger partial charge in [0.25, 0.3) is 0 Å². The summed E-state index contributed by atoms with van der Waals surface area (Å²) in [6.45, 7) is 0.754. The lowest BCUT2D eigenvalue weighted by Crippen LogP contribution is -2.08. The highest BCUT2D eigenvalue weighted by Gasteiger charge is 2.05. The second kappa shape index (κ2) is 7.95. The van der Waals surface area contributed by atoms with Crippen molar-refractivity contribution >= 4 is 40.7 Å². The van der Waals surface area contributed by atoms with Gasteiger partial charge in [0.15, 0.2) is 5.82 Å². The van der Waals surface area contributed by atoms with E-state index >= 15 is 0 Å². The topological polar surface area (TPSA) is 62.7 Å². The van der Waals surface area contributed by atoms with Crippen molar-refractivity contribution in [3.63, 3.8) is 0 Å². The molecule has 0 atom stereocenters. The van der Waals surface area contributed by atoms with Crippen LogP contribution in [0.15, 0.2) is 54.7 Å². The van der Waals surface area contributed by atoms with Gasteiger partial charge in [0, 0.05) is 11.6 Å². The van der Waals surface area contributed by atoms with Gasteiger partial charge in [-0.2, -0.15) is 10.1 Å². The van der Waals surface area contributed by atoms with Crippen molar-refractivity contribution in [2.75, 3.05) is 17.2 Å². The maximum absolute atomic E-state index is 6.13. The fourth-order valence-electron chi connectivity index (χ4n) is 2.13. The van der Waals surface area contributed by atoms with Crippen LogP contribution in [-0.4, -0.2) is 21.7 Å². The monoisotopic (exact) mass is 359 g/mol. The SMILES string of the molecule is Clc1ccc(Nc2nncc(NCCc3ccccc3)n2)c(Cl)c1. The van der Waals surface area contributed by atoms with E-state index in [1.165, 1.54) is 5.56 Å². The van der Waals surface area contributed by atoms with E-state index < -0.39 is 0 Å². The molecular weight excluding hydrogens is 345 g/mol. The van der Waals surface area contributed by atoms with Gasteiger partial charge in [0.1, 0.15) is 0 Å². The Morgan fingerprint density at radius 1 is 1.00 bits per heavy atom. The van der Waals surface area contributed by atoms with Crippen molar-refractivity contribution in [3.8, 4) is 0 Å². The molecule has 122 valence electrons. The minimum atomic E-state index is 0.365. The lowest BCUT2D eigenvalue weighted by molar-refractivity contribution is 0.950. The molecule has 1 aromatic heterocycles. The summed E-state index contributed by atoms with van der Waals surface area (Å²) in [7, 11) is 0. The van der Waals surface area contributed by atoms with Crippen molar-refractivity contribution in [3.05, 3.63) is 70.3 Å². The highest BCUT2D eigenvalue weighted by Crippen LogP contribution is 2.27. The minimum absolute atomic E-state index is 0.365. The Kier molecular flexibility index (Phi) is 5.46. The smallest absolute Gasteiger partial charge is 0.249 e. The number of hydrogen-bond donors (Lipinski definition) is 2. The van der Waals surface area contributed by atoms with Crippen LogP contribution in [0.1, 0.15) is 5.56 Å². The Labute approximate surface area is 150 Å². The minimum Gasteiger partial charge on any atom is -0.368 e. The zero-order valence-corrected chi connectivity index (χ0v) is 14.2. The molecule has 0 radical (unpaired) electrons. The Bertz CT molecular complexity index is 811. The first-order valence-electron chi connectivity index (χ1n) is 7.40. The summed E-state index contributed by atoms with van der Waals surface area (Å²) >= 11 is 12.0. The van der Waals surface area contributed by atoms with E-state index in [2.05, 4.69) is 37.9 Å². The largest absolute Gasteiger partial charge is 0.368 e. The number of benzene rings is 2. The molecule has 5 nitrogen and oxygen atoms in total. The van der Waals surface area contributed by atoms with Gasteiger partial charge in [-0.05, 0) is 30.2 Å². The summed E-state index contributed by atoms with van der Waals surface area (Å²) in [6, 6.07) is 15.4. The van der Waals surface area contributed by atoms with Gasteiger partial charge in [-0.3, -0.25) is 0 Å². The molecule has 2 aromatic carbocycles. The number of aromatic nitrogens is 3. The molecule has 1 heterocycles. The van der Waals surface area contributed by atoms with E-state index in [4.69, 9.17) is 23.2 Å². The van der Waals surface area contributed by atoms with Crippen molar-refractivity contribution in [2.45, 2.75) is 6.42 Å². The molecule has 0 fully saturated rings. The van der Waals surface area contributed by atoms with Crippen LogP contribution in [0.2, 0.25) is 10.0 Å². The fraction of sp³-hybridized carbons (Fsp3) is 0.118. The lowest BCUT2D eigenvalue weighted by Gasteiger charge is -2.09. The number of nitrogens with zero attached hydrogens (tertiary/aromatic N) is 3. The highest BCUT2D eigenvalue weighted by atomic mass is 35.5. The Hall–Kier alpha value is -2.37. The van der Waals surface area contributed by atoms with Crippen molar-refractivity contribution in [1.29, 1.82) is 0 Å². The molecule has 0 saturated carbocycles. The molecule has 0 unspecified atom stereocenters. The number of rotatable bonds is 6. The number of anilines is 3. The predicted octanol–water partition coefficient (Wildman–Crippen LogP) is 4.58. The lowest BCUT2D eigenvalue weighted by atomic mass is 10.1. The van der Waals surface area contributed by atoms with Crippen LogP contribution < -0.4 is 10.6 Å². The number of hydrogen-bond acceptors (Lipinski definition) is 5. The summed E-state index contributed by atoms with van der Waals surface area (Å²) in [5, 5.41) is 15.2. The van der Waals surface area contributed by atoms with Gasteiger partial charge >= 0.3 is 0 Å². The fourth-order valence-corrected chi connectivity index (χ4v) is 2.59. The average molecular weight is 360 g/mol. The molecule has 0 amide bonds. The van der Waals surface area contributed by atoms with Crippen LogP contribution in [-0.2, 0) is 6.42 Å². The third-order valence-electron chi connectivity index (χ3n) is 3.30. The van der Waals surface area contributed by atoms with Crippen LogP contribution in [0.5, 0.6) is 0 Å². The van der Waals surface area contributed by atoms with Crippen molar-refractivity contribution in [1.82, 2.24) is 15.2 Å². The van der Waals surface area contributed by atoms with Crippen LogP contribution in [0, 0.1) is 0 Å². The Morgan fingerprint density at radius 2 is 1.83 bits per heavy atom. The maximum Gasteiger partial charge on any atom is 0.249 e. The van der Waals surface area contributed by atoms with Gasteiger partial charge in [0.05, 0.1) is 16.9 Å². The molecule has 0 aliphatic heterocycles. The second-order valence-electron chi connectivity index (χ2n) is 5.08. The van der Waals surface area contributed by atoms with Gasteiger partial charge in [-0.25, -0.2) is 0 Å². The van der Waals surface area contributed by atoms with Gasteiger partial charge < -0.3 is 10.6 Å². The quantitative estimate of drug-likeness (QED) is 0.674. The zero-order chi connectivity index (χ0) is 16.8. The highest BCUT2D eigenvalue weighted by molar-refractivity contribution is 6.36. The molecular formula is C17H15Cl2N5. The maximum atomic E-state index is 6.13. The Balaban J connectivity index is 1.61. The molecule has 7 heteroatoms. The van der Waals surface area contributed by atoms with Crippen molar-refractivity contribution < 1.29 is 0 Å². The summed E-state index contributed by atoms with van der Waals surface area (Å²) in [5.41, 5.74) is 1.93. The predicted molar refractivity (Wildman–Crippen MR) is 98.2 cm³/mol. The summed E-state index contributed by atoms with van der Waals surface area (Å²) in [6.07, 6.45) is 2.48. The van der Waals surface area contributed by atoms with E-state index in [0.29, 0.717) is 27.5 Å². The molecule has 24 heavy (non-hydrogen) atoms. The Morgan fingerprint density at radius 3 is 2.62 bits per heavy atom. The first-order chi connectivity index (χ1) is 11.7. The zero-order valence-electron chi connectivity index (χ0n) is 12.7. The van der Waals surface area contributed by atoms with E-state index in [9.17, 15) is 0 Å². The van der Waals surface area contributed by atoms with Crippen LogP contribution >= 0.6 is 23.2 Å². The van der Waals surface area contributed by atoms with E-state index in [-0.39, 0.29) is 0 Å².